The molecule has 0 aliphatic carbocycles. The third-order valence-electron chi connectivity index (χ3n) is 8.66. The van der Waals surface area contributed by atoms with Gasteiger partial charge in [-0.3, -0.25) is 14.5 Å². The van der Waals surface area contributed by atoms with Gasteiger partial charge in [-0.2, -0.15) is 13.2 Å². The molecule has 1 atom stereocenters. The van der Waals surface area contributed by atoms with Gasteiger partial charge in [0.2, 0.25) is 11.8 Å². The maximum absolute atomic E-state index is 14.7. The Kier molecular flexibility index (Phi) is 11.4. The van der Waals surface area contributed by atoms with E-state index in [1.54, 1.807) is 4.90 Å². The quantitative estimate of drug-likeness (QED) is 0.136. The number of carbonyl (C=O) groups excluding carboxylic acids is 2. The third kappa shape index (κ3) is 9.19. The van der Waals surface area contributed by atoms with E-state index in [2.05, 4.69) is 22.3 Å². The van der Waals surface area contributed by atoms with Gasteiger partial charge < -0.3 is 10.2 Å². The summed E-state index contributed by atoms with van der Waals surface area (Å²) in [5.41, 5.74) is 2.69. The Bertz CT molecular complexity index is 1700. The molecule has 4 aromatic carbocycles. The summed E-state index contributed by atoms with van der Waals surface area (Å²) in [6.07, 6.45) is -2.48. The Labute approximate surface area is 278 Å². The lowest BCUT2D eigenvalue weighted by Crippen LogP contribution is -2.51. The molecule has 1 fully saturated rings. The Morgan fingerprint density at radius 1 is 0.792 bits per heavy atom. The number of aryl methyl sites for hydroxylation is 1. The highest BCUT2D eigenvalue weighted by Gasteiger charge is 2.35. The number of benzene rings is 4. The van der Waals surface area contributed by atoms with E-state index < -0.39 is 29.4 Å². The summed E-state index contributed by atoms with van der Waals surface area (Å²) < 4.78 is 54.7. The molecule has 1 aliphatic heterocycles. The lowest BCUT2D eigenvalue weighted by Gasteiger charge is -2.37. The summed E-state index contributed by atoms with van der Waals surface area (Å²) in [7, 11) is 0. The van der Waals surface area contributed by atoms with Crippen molar-refractivity contribution in [1.82, 2.24) is 15.1 Å². The fraction of sp³-hybridized carbons (Fsp3) is 0.282. The summed E-state index contributed by atoms with van der Waals surface area (Å²) >= 11 is 0. The Balaban J connectivity index is 1.45. The van der Waals surface area contributed by atoms with E-state index in [9.17, 15) is 27.2 Å². The van der Waals surface area contributed by atoms with Crippen LogP contribution in [0.1, 0.15) is 40.3 Å². The summed E-state index contributed by atoms with van der Waals surface area (Å²) in [5, 5.41) is 2.91. The summed E-state index contributed by atoms with van der Waals surface area (Å²) in [5.74, 6) is -3.24. The van der Waals surface area contributed by atoms with Gasteiger partial charge in [0, 0.05) is 44.8 Å². The Morgan fingerprint density at radius 2 is 1.40 bits per heavy atom. The normalized spacial score (nSPS) is 14.9. The summed E-state index contributed by atoms with van der Waals surface area (Å²) in [6, 6.07) is 29.6. The highest BCUT2D eigenvalue weighted by molar-refractivity contribution is 6.04. The largest absolute Gasteiger partial charge is 0.419 e. The Hall–Kier alpha value is -4.76. The van der Waals surface area contributed by atoms with Crippen LogP contribution in [-0.2, 0) is 41.7 Å². The van der Waals surface area contributed by atoms with Crippen molar-refractivity contribution in [2.75, 3.05) is 26.2 Å². The molecule has 0 saturated carbocycles. The van der Waals surface area contributed by atoms with Gasteiger partial charge in [0.15, 0.2) is 0 Å². The molecule has 0 spiro atoms. The van der Waals surface area contributed by atoms with Gasteiger partial charge in [-0.25, -0.2) is 4.39 Å². The Morgan fingerprint density at radius 3 is 1.98 bits per heavy atom. The van der Waals surface area contributed by atoms with Crippen LogP contribution in [0.3, 0.4) is 0 Å². The zero-order valence-corrected chi connectivity index (χ0v) is 26.8. The van der Waals surface area contributed by atoms with Crippen molar-refractivity contribution < 1.29 is 27.2 Å². The molecule has 0 unspecified atom stereocenters. The average molecular weight is 658 g/mol. The van der Waals surface area contributed by atoms with Crippen LogP contribution in [0.25, 0.3) is 6.08 Å². The van der Waals surface area contributed by atoms with Crippen molar-refractivity contribution >= 4 is 17.9 Å². The third-order valence-corrected chi connectivity index (χ3v) is 8.66. The molecule has 0 bridgehead atoms. The predicted molar refractivity (Wildman–Crippen MR) is 179 cm³/mol. The molecule has 250 valence electrons. The number of halogens is 4. The molecule has 1 N–H and O–H groups in total. The molecule has 0 aromatic heterocycles. The van der Waals surface area contributed by atoms with E-state index in [1.165, 1.54) is 11.6 Å². The van der Waals surface area contributed by atoms with Gasteiger partial charge in [-0.05, 0) is 58.9 Å². The minimum Gasteiger partial charge on any atom is -0.348 e. The fourth-order valence-corrected chi connectivity index (χ4v) is 5.90. The zero-order valence-electron chi connectivity index (χ0n) is 26.8. The molecule has 4 aromatic rings. The smallest absolute Gasteiger partial charge is 0.348 e. The maximum atomic E-state index is 14.7. The molecule has 1 heterocycles. The van der Waals surface area contributed by atoms with Crippen LogP contribution in [0.5, 0.6) is 0 Å². The summed E-state index contributed by atoms with van der Waals surface area (Å²) in [4.78, 5) is 32.4. The lowest BCUT2D eigenvalue weighted by molar-refractivity contribution is -0.140. The fourth-order valence-electron chi connectivity index (χ4n) is 5.90. The first-order chi connectivity index (χ1) is 23.1. The molecule has 9 heteroatoms. The SMILES string of the molecule is CCc1ccc(CNC(=O)C(=Cc2ccc(C(F)(F)F)c(F)c2)[C@H](Cc2ccccc2)C(=O)N2CCN(Cc3ccccc3)CC2)cc1. The van der Waals surface area contributed by atoms with Crippen molar-refractivity contribution in [1.29, 1.82) is 0 Å². The van der Waals surface area contributed by atoms with Crippen LogP contribution in [0, 0.1) is 11.7 Å². The predicted octanol–water partition coefficient (Wildman–Crippen LogP) is 7.31. The number of hydrogen-bond donors (Lipinski definition) is 1. The monoisotopic (exact) mass is 657 g/mol. The van der Waals surface area contributed by atoms with Crippen molar-refractivity contribution in [3.8, 4) is 0 Å². The van der Waals surface area contributed by atoms with Gasteiger partial charge in [0.05, 0.1) is 11.5 Å². The van der Waals surface area contributed by atoms with E-state index in [4.69, 9.17) is 0 Å². The van der Waals surface area contributed by atoms with E-state index in [0.717, 1.165) is 41.8 Å². The second kappa shape index (κ2) is 15.9. The van der Waals surface area contributed by atoms with Crippen LogP contribution in [0.4, 0.5) is 17.6 Å². The van der Waals surface area contributed by atoms with Crippen LogP contribution in [0.2, 0.25) is 0 Å². The van der Waals surface area contributed by atoms with E-state index in [0.29, 0.717) is 32.2 Å². The number of hydrogen-bond acceptors (Lipinski definition) is 3. The van der Waals surface area contributed by atoms with E-state index >= 15 is 0 Å². The van der Waals surface area contributed by atoms with Crippen LogP contribution in [0.15, 0.2) is 109 Å². The van der Waals surface area contributed by atoms with E-state index in [-0.39, 0.29) is 30.0 Å². The van der Waals surface area contributed by atoms with Crippen LogP contribution in [-0.4, -0.2) is 47.8 Å². The van der Waals surface area contributed by atoms with Gasteiger partial charge in [0.1, 0.15) is 5.82 Å². The van der Waals surface area contributed by atoms with E-state index in [1.807, 2.05) is 79.7 Å². The van der Waals surface area contributed by atoms with Crippen LogP contribution >= 0.6 is 0 Å². The number of alkyl halides is 3. The van der Waals surface area contributed by atoms with Crippen LogP contribution < -0.4 is 5.32 Å². The first-order valence-electron chi connectivity index (χ1n) is 16.1. The van der Waals surface area contributed by atoms with Crippen molar-refractivity contribution in [2.45, 2.75) is 39.0 Å². The minimum absolute atomic E-state index is 0.0523. The molecule has 5 rings (SSSR count). The molecular formula is C39H39F4N3O2. The second-order valence-electron chi connectivity index (χ2n) is 12.0. The standard InChI is InChI=1S/C39H39F4N3O2/c1-2-28-13-15-30(16-14-28)26-44-37(47)33(24-32-17-18-35(36(40)25-32)39(41,42)43)34(23-29-9-5-3-6-10-29)38(48)46-21-19-45(20-22-46)27-31-11-7-4-8-12-31/h3-18,24-25,34H,2,19-23,26-27H2,1H3,(H,44,47)/t34-/m0/s1. The van der Waals surface area contributed by atoms with Gasteiger partial charge >= 0.3 is 6.18 Å². The number of piperazine rings is 1. The minimum atomic E-state index is -4.87. The van der Waals surface area contributed by atoms with Gasteiger partial charge in [-0.15, -0.1) is 0 Å². The molecule has 1 saturated heterocycles. The molecular weight excluding hydrogens is 618 g/mol. The topological polar surface area (TPSA) is 52.7 Å². The molecule has 48 heavy (non-hydrogen) atoms. The highest BCUT2D eigenvalue weighted by atomic mass is 19.4. The van der Waals surface area contributed by atoms with Crippen molar-refractivity contribution in [2.24, 2.45) is 5.92 Å². The molecule has 2 amide bonds. The van der Waals surface area contributed by atoms with Crippen molar-refractivity contribution in [3.05, 3.63) is 148 Å². The number of rotatable bonds is 11. The maximum Gasteiger partial charge on any atom is 0.419 e. The first-order valence-corrected chi connectivity index (χ1v) is 16.1. The lowest BCUT2D eigenvalue weighted by atomic mass is 9.88. The average Bonchev–Trinajstić information content (AvgIpc) is 3.09. The second-order valence-corrected chi connectivity index (χ2v) is 12.0. The molecule has 0 radical (unpaired) electrons. The van der Waals surface area contributed by atoms with Gasteiger partial charge in [0.25, 0.3) is 0 Å². The first kappa shape index (κ1) is 34.6. The molecule has 5 nitrogen and oxygen atoms in total. The highest BCUT2D eigenvalue weighted by Crippen LogP contribution is 2.32. The number of amides is 2. The van der Waals surface area contributed by atoms with Gasteiger partial charge in [-0.1, -0.05) is 97.9 Å². The zero-order chi connectivity index (χ0) is 34.1. The summed E-state index contributed by atoms with van der Waals surface area (Å²) in [6.45, 7) is 5.15. The number of nitrogens with one attached hydrogen (secondary N) is 1. The number of carbonyl (C=O) groups is 2. The van der Waals surface area contributed by atoms with Crippen molar-refractivity contribution in [3.63, 3.8) is 0 Å². The number of nitrogens with zero attached hydrogens (tertiary/aromatic N) is 2. The molecule has 1 aliphatic rings.